The summed E-state index contributed by atoms with van der Waals surface area (Å²) in [5.41, 5.74) is 2.43. The zero-order valence-corrected chi connectivity index (χ0v) is 10.1. The molecule has 0 fully saturated rings. The predicted octanol–water partition coefficient (Wildman–Crippen LogP) is 2.98. The maximum atomic E-state index is 9.36. The highest BCUT2D eigenvalue weighted by Gasteiger charge is 2.11. The van der Waals surface area contributed by atoms with Crippen LogP contribution in [0.5, 0.6) is 0 Å². The molecule has 1 aromatic heterocycles. The molecule has 1 heterocycles. The SMILES string of the molecule is O[B]c1cccc2oc3cc4ccccc4cc3c12. The van der Waals surface area contributed by atoms with Crippen LogP contribution in [0.25, 0.3) is 32.7 Å². The van der Waals surface area contributed by atoms with Gasteiger partial charge in [0.15, 0.2) is 0 Å². The highest BCUT2D eigenvalue weighted by atomic mass is 16.3. The van der Waals surface area contributed by atoms with Crippen molar-refractivity contribution in [3.63, 3.8) is 0 Å². The van der Waals surface area contributed by atoms with Gasteiger partial charge in [-0.3, -0.25) is 0 Å². The van der Waals surface area contributed by atoms with Gasteiger partial charge in [0.25, 0.3) is 0 Å². The fourth-order valence-electron chi connectivity index (χ4n) is 2.65. The minimum atomic E-state index is 0.784. The van der Waals surface area contributed by atoms with Crippen LogP contribution in [0.2, 0.25) is 0 Å². The molecule has 1 N–H and O–H groups in total. The van der Waals surface area contributed by atoms with Crippen LogP contribution in [-0.4, -0.2) is 12.5 Å². The van der Waals surface area contributed by atoms with Crippen LogP contribution < -0.4 is 5.46 Å². The standard InChI is InChI=1S/C16H10BO2/c18-17-13-6-3-7-14-16(13)12-8-10-4-1-2-5-11(10)9-15(12)19-14/h1-9,18H. The van der Waals surface area contributed by atoms with Gasteiger partial charge in [0, 0.05) is 10.8 Å². The smallest absolute Gasteiger partial charge is 0.327 e. The van der Waals surface area contributed by atoms with Crippen LogP contribution in [0.3, 0.4) is 0 Å². The average molecular weight is 245 g/mol. The van der Waals surface area contributed by atoms with E-state index in [-0.39, 0.29) is 0 Å². The molecule has 19 heavy (non-hydrogen) atoms. The van der Waals surface area contributed by atoms with Gasteiger partial charge in [-0.25, -0.2) is 0 Å². The first-order chi connectivity index (χ1) is 9.36. The molecule has 3 aromatic carbocycles. The third kappa shape index (κ3) is 1.49. The molecule has 0 aliphatic carbocycles. The van der Waals surface area contributed by atoms with E-state index in [1.807, 2.05) is 36.4 Å². The number of rotatable bonds is 1. The Morgan fingerprint density at radius 2 is 1.63 bits per heavy atom. The Bertz CT molecular complexity index is 908. The van der Waals surface area contributed by atoms with Crippen LogP contribution in [0.15, 0.2) is 59.0 Å². The Labute approximate surface area is 110 Å². The summed E-state index contributed by atoms with van der Waals surface area (Å²) in [5, 5.41) is 13.7. The molecule has 0 saturated heterocycles. The van der Waals surface area contributed by atoms with Gasteiger partial charge in [-0.05, 0) is 34.4 Å². The lowest BCUT2D eigenvalue weighted by Gasteiger charge is -1.99. The topological polar surface area (TPSA) is 33.4 Å². The maximum Gasteiger partial charge on any atom is 0.327 e. The Balaban J connectivity index is 2.24. The number of fused-ring (bicyclic) bond motifs is 4. The molecule has 89 valence electrons. The first kappa shape index (κ1) is 10.6. The van der Waals surface area contributed by atoms with Crippen molar-refractivity contribution in [2.75, 3.05) is 0 Å². The molecule has 3 heteroatoms. The van der Waals surface area contributed by atoms with E-state index in [9.17, 15) is 5.02 Å². The average Bonchev–Trinajstić information content (AvgIpc) is 2.82. The van der Waals surface area contributed by atoms with E-state index in [0.717, 1.165) is 40.3 Å². The first-order valence-electron chi connectivity index (χ1n) is 6.18. The van der Waals surface area contributed by atoms with Gasteiger partial charge in [0.05, 0.1) is 0 Å². The van der Waals surface area contributed by atoms with Crippen LogP contribution in [0, 0.1) is 0 Å². The van der Waals surface area contributed by atoms with E-state index in [0.29, 0.717) is 0 Å². The molecule has 4 aromatic rings. The molecule has 1 radical (unpaired) electrons. The number of benzene rings is 3. The van der Waals surface area contributed by atoms with Crippen molar-refractivity contribution in [2.45, 2.75) is 0 Å². The number of hydrogen-bond donors (Lipinski definition) is 1. The Morgan fingerprint density at radius 3 is 2.42 bits per heavy atom. The van der Waals surface area contributed by atoms with Crippen LogP contribution in [0.4, 0.5) is 0 Å². The minimum Gasteiger partial charge on any atom is -0.456 e. The molecular formula is C16H10BO2. The second kappa shape index (κ2) is 3.87. The molecule has 2 nitrogen and oxygen atoms in total. The molecule has 0 atom stereocenters. The highest BCUT2D eigenvalue weighted by Crippen LogP contribution is 2.30. The van der Waals surface area contributed by atoms with Crippen molar-refractivity contribution in [3.05, 3.63) is 54.6 Å². The first-order valence-corrected chi connectivity index (χ1v) is 6.18. The Hall–Kier alpha value is -2.26. The molecule has 0 unspecified atom stereocenters. The second-order valence-corrected chi connectivity index (χ2v) is 4.65. The fourth-order valence-corrected chi connectivity index (χ4v) is 2.65. The maximum absolute atomic E-state index is 9.36. The number of furan rings is 1. The largest absolute Gasteiger partial charge is 0.456 e. The molecule has 0 aliphatic rings. The lowest BCUT2D eigenvalue weighted by molar-refractivity contribution is 0.615. The van der Waals surface area contributed by atoms with E-state index in [1.54, 1.807) is 0 Å². The monoisotopic (exact) mass is 245 g/mol. The van der Waals surface area contributed by atoms with E-state index in [4.69, 9.17) is 4.42 Å². The zero-order chi connectivity index (χ0) is 12.8. The summed E-state index contributed by atoms with van der Waals surface area (Å²) in [6.07, 6.45) is 0. The van der Waals surface area contributed by atoms with Crippen molar-refractivity contribution in [1.82, 2.24) is 0 Å². The van der Waals surface area contributed by atoms with Gasteiger partial charge >= 0.3 is 7.48 Å². The van der Waals surface area contributed by atoms with E-state index in [2.05, 4.69) is 18.2 Å². The van der Waals surface area contributed by atoms with Crippen molar-refractivity contribution in [2.24, 2.45) is 0 Å². The Morgan fingerprint density at radius 1 is 0.842 bits per heavy atom. The van der Waals surface area contributed by atoms with Gasteiger partial charge in [-0.15, -0.1) is 0 Å². The van der Waals surface area contributed by atoms with E-state index >= 15 is 0 Å². The molecule has 0 spiro atoms. The molecule has 0 saturated carbocycles. The van der Waals surface area contributed by atoms with Crippen LogP contribution in [0.1, 0.15) is 0 Å². The van der Waals surface area contributed by atoms with E-state index in [1.165, 1.54) is 5.39 Å². The molecule has 4 rings (SSSR count). The van der Waals surface area contributed by atoms with Gasteiger partial charge in [0.1, 0.15) is 11.2 Å². The highest BCUT2D eigenvalue weighted by molar-refractivity contribution is 6.51. The summed E-state index contributed by atoms with van der Waals surface area (Å²) in [5.74, 6) is 0. The molecule has 0 bridgehead atoms. The van der Waals surface area contributed by atoms with Gasteiger partial charge < -0.3 is 9.44 Å². The normalized spacial score (nSPS) is 11.4. The summed E-state index contributed by atoms with van der Waals surface area (Å²) in [6, 6.07) is 18.0. The van der Waals surface area contributed by atoms with Gasteiger partial charge in [0.2, 0.25) is 0 Å². The van der Waals surface area contributed by atoms with Crippen molar-refractivity contribution >= 4 is 45.7 Å². The molecular weight excluding hydrogens is 235 g/mol. The van der Waals surface area contributed by atoms with E-state index < -0.39 is 0 Å². The van der Waals surface area contributed by atoms with Crippen LogP contribution >= 0.6 is 0 Å². The summed E-state index contributed by atoms with van der Waals surface area (Å²) < 4.78 is 5.87. The third-order valence-corrected chi connectivity index (χ3v) is 3.53. The lowest BCUT2D eigenvalue weighted by Crippen LogP contribution is -2.13. The molecule has 0 aliphatic heterocycles. The quantitative estimate of drug-likeness (QED) is 0.523. The van der Waals surface area contributed by atoms with Gasteiger partial charge in [-0.2, -0.15) is 0 Å². The zero-order valence-electron chi connectivity index (χ0n) is 10.1. The lowest BCUT2D eigenvalue weighted by atomic mass is 9.85. The van der Waals surface area contributed by atoms with Gasteiger partial charge in [-0.1, -0.05) is 36.4 Å². The van der Waals surface area contributed by atoms with Crippen LogP contribution in [-0.2, 0) is 0 Å². The predicted molar refractivity (Wildman–Crippen MR) is 78.8 cm³/mol. The fraction of sp³-hybridized carbons (Fsp3) is 0. The van der Waals surface area contributed by atoms with Crippen molar-refractivity contribution in [1.29, 1.82) is 0 Å². The third-order valence-electron chi connectivity index (χ3n) is 3.53. The second-order valence-electron chi connectivity index (χ2n) is 4.65. The van der Waals surface area contributed by atoms with Crippen molar-refractivity contribution < 1.29 is 9.44 Å². The summed E-state index contributed by atoms with van der Waals surface area (Å²) in [6.45, 7) is 0. The minimum absolute atomic E-state index is 0.784. The summed E-state index contributed by atoms with van der Waals surface area (Å²) in [7, 11) is 1.13. The van der Waals surface area contributed by atoms with Crippen molar-refractivity contribution in [3.8, 4) is 0 Å². The summed E-state index contributed by atoms with van der Waals surface area (Å²) in [4.78, 5) is 0. The molecule has 0 amide bonds. The Kier molecular flexibility index (Phi) is 2.17. The number of hydrogen-bond acceptors (Lipinski definition) is 2. The summed E-state index contributed by atoms with van der Waals surface area (Å²) >= 11 is 0.